The van der Waals surface area contributed by atoms with Gasteiger partial charge in [0.25, 0.3) is 0 Å². The maximum atomic E-state index is 12.2. The number of amides is 2. The molecule has 24 heavy (non-hydrogen) atoms. The van der Waals surface area contributed by atoms with E-state index in [2.05, 4.69) is 15.1 Å². The SMILES string of the molecule is C[C@@H](C(=O)NC1CC1)N1CCN(CCC(=O)N2CCCCC2)CC1. The molecule has 0 aromatic heterocycles. The first kappa shape index (κ1) is 17.7. The molecule has 0 bridgehead atoms. The van der Waals surface area contributed by atoms with Gasteiger partial charge in [0.2, 0.25) is 11.8 Å². The van der Waals surface area contributed by atoms with E-state index in [0.717, 1.165) is 71.5 Å². The van der Waals surface area contributed by atoms with Gasteiger partial charge >= 0.3 is 0 Å². The van der Waals surface area contributed by atoms with Crippen molar-refractivity contribution in [2.24, 2.45) is 0 Å². The van der Waals surface area contributed by atoms with Gasteiger partial charge in [-0.1, -0.05) is 0 Å². The van der Waals surface area contributed by atoms with E-state index in [1.165, 1.54) is 6.42 Å². The van der Waals surface area contributed by atoms with Gasteiger partial charge in [0.1, 0.15) is 0 Å². The number of nitrogens with zero attached hydrogens (tertiary/aromatic N) is 3. The molecule has 0 aromatic rings. The average molecular weight is 336 g/mol. The standard InChI is InChI=1S/C18H32N4O2/c1-15(18(24)19-16-5-6-16)21-13-11-20(12-14-21)10-7-17(23)22-8-3-2-4-9-22/h15-16H,2-14H2,1H3,(H,19,24)/t15-/m0/s1. The quantitative estimate of drug-likeness (QED) is 0.775. The number of carbonyl (C=O) groups is 2. The van der Waals surface area contributed by atoms with E-state index in [9.17, 15) is 9.59 Å². The number of piperazine rings is 1. The second kappa shape index (κ2) is 8.30. The number of nitrogens with one attached hydrogen (secondary N) is 1. The molecule has 0 aromatic carbocycles. The highest BCUT2D eigenvalue weighted by atomic mass is 16.2. The van der Waals surface area contributed by atoms with Crippen LogP contribution in [0.15, 0.2) is 0 Å². The minimum Gasteiger partial charge on any atom is -0.352 e. The van der Waals surface area contributed by atoms with Gasteiger partial charge < -0.3 is 15.1 Å². The molecule has 0 radical (unpaired) electrons. The molecular weight excluding hydrogens is 304 g/mol. The maximum absolute atomic E-state index is 12.2. The largest absolute Gasteiger partial charge is 0.352 e. The second-order valence-electron chi connectivity index (χ2n) is 7.53. The summed E-state index contributed by atoms with van der Waals surface area (Å²) in [6.45, 7) is 8.48. The Bertz CT molecular complexity index is 438. The average Bonchev–Trinajstić information content (AvgIpc) is 3.44. The Morgan fingerprint density at radius 2 is 1.67 bits per heavy atom. The molecule has 136 valence electrons. The number of hydrogen-bond acceptors (Lipinski definition) is 4. The van der Waals surface area contributed by atoms with E-state index in [1.807, 2.05) is 11.8 Å². The third kappa shape index (κ3) is 4.93. The normalized spacial score (nSPS) is 24.6. The van der Waals surface area contributed by atoms with Crippen molar-refractivity contribution in [3.8, 4) is 0 Å². The highest BCUT2D eigenvalue weighted by molar-refractivity contribution is 5.81. The zero-order chi connectivity index (χ0) is 16.9. The summed E-state index contributed by atoms with van der Waals surface area (Å²) < 4.78 is 0. The lowest BCUT2D eigenvalue weighted by Gasteiger charge is -2.37. The van der Waals surface area contributed by atoms with E-state index in [-0.39, 0.29) is 11.9 Å². The highest BCUT2D eigenvalue weighted by Crippen LogP contribution is 2.19. The van der Waals surface area contributed by atoms with Crippen molar-refractivity contribution in [2.45, 2.75) is 57.5 Å². The van der Waals surface area contributed by atoms with Crippen LogP contribution in [0.2, 0.25) is 0 Å². The zero-order valence-corrected chi connectivity index (χ0v) is 15.0. The van der Waals surface area contributed by atoms with Gasteiger partial charge in [-0.3, -0.25) is 14.5 Å². The van der Waals surface area contributed by atoms with Crippen LogP contribution in [0.25, 0.3) is 0 Å². The molecule has 2 aliphatic heterocycles. The first-order valence-corrected chi connectivity index (χ1v) is 9.68. The summed E-state index contributed by atoms with van der Waals surface area (Å²) >= 11 is 0. The lowest BCUT2D eigenvalue weighted by Crippen LogP contribution is -2.54. The summed E-state index contributed by atoms with van der Waals surface area (Å²) in [5.41, 5.74) is 0. The van der Waals surface area contributed by atoms with Crippen LogP contribution in [0.3, 0.4) is 0 Å². The van der Waals surface area contributed by atoms with Crippen molar-refractivity contribution in [3.63, 3.8) is 0 Å². The fraction of sp³-hybridized carbons (Fsp3) is 0.889. The Morgan fingerprint density at radius 1 is 1.00 bits per heavy atom. The minimum absolute atomic E-state index is 0.0391. The van der Waals surface area contributed by atoms with E-state index in [1.54, 1.807) is 0 Å². The van der Waals surface area contributed by atoms with E-state index in [0.29, 0.717) is 18.4 Å². The summed E-state index contributed by atoms with van der Waals surface area (Å²) in [4.78, 5) is 31.1. The smallest absolute Gasteiger partial charge is 0.237 e. The van der Waals surface area contributed by atoms with Crippen LogP contribution in [-0.4, -0.2) is 84.4 Å². The molecule has 2 saturated heterocycles. The van der Waals surface area contributed by atoms with E-state index >= 15 is 0 Å². The third-order valence-electron chi connectivity index (χ3n) is 5.61. The van der Waals surface area contributed by atoms with Crippen LogP contribution in [0.1, 0.15) is 45.4 Å². The molecule has 2 amide bonds. The fourth-order valence-corrected chi connectivity index (χ4v) is 3.64. The van der Waals surface area contributed by atoms with Crippen molar-refractivity contribution in [2.75, 3.05) is 45.8 Å². The van der Waals surface area contributed by atoms with Gasteiger partial charge in [-0.05, 0) is 39.0 Å². The fourth-order valence-electron chi connectivity index (χ4n) is 3.64. The topological polar surface area (TPSA) is 55.9 Å². The predicted octanol–water partition coefficient (Wildman–Crippen LogP) is 0.674. The summed E-state index contributed by atoms with van der Waals surface area (Å²) in [7, 11) is 0. The van der Waals surface area contributed by atoms with Gasteiger partial charge in [-0.2, -0.15) is 0 Å². The number of likely N-dealkylation sites (tertiary alicyclic amines) is 1. The van der Waals surface area contributed by atoms with Crippen LogP contribution < -0.4 is 5.32 Å². The van der Waals surface area contributed by atoms with Crippen LogP contribution in [-0.2, 0) is 9.59 Å². The Hall–Kier alpha value is -1.14. The predicted molar refractivity (Wildman–Crippen MR) is 93.7 cm³/mol. The minimum atomic E-state index is -0.0391. The molecule has 1 aliphatic carbocycles. The lowest BCUT2D eigenvalue weighted by atomic mass is 10.1. The molecule has 0 spiro atoms. The van der Waals surface area contributed by atoms with Crippen molar-refractivity contribution >= 4 is 11.8 Å². The van der Waals surface area contributed by atoms with Crippen molar-refractivity contribution in [3.05, 3.63) is 0 Å². The molecule has 3 aliphatic rings. The Balaban J connectivity index is 1.34. The molecule has 1 saturated carbocycles. The molecule has 0 unspecified atom stereocenters. The van der Waals surface area contributed by atoms with Gasteiger partial charge in [-0.25, -0.2) is 0 Å². The summed E-state index contributed by atoms with van der Waals surface area (Å²) in [5, 5.41) is 3.09. The lowest BCUT2D eigenvalue weighted by molar-refractivity contribution is -0.132. The van der Waals surface area contributed by atoms with Crippen LogP contribution in [0, 0.1) is 0 Å². The van der Waals surface area contributed by atoms with Crippen molar-refractivity contribution < 1.29 is 9.59 Å². The molecule has 3 rings (SSSR count). The number of piperidine rings is 1. The first-order chi connectivity index (χ1) is 11.6. The molecule has 6 nitrogen and oxygen atoms in total. The van der Waals surface area contributed by atoms with Crippen LogP contribution in [0.5, 0.6) is 0 Å². The molecule has 3 fully saturated rings. The van der Waals surface area contributed by atoms with Crippen molar-refractivity contribution in [1.29, 1.82) is 0 Å². The van der Waals surface area contributed by atoms with Gasteiger partial charge in [0.15, 0.2) is 0 Å². The second-order valence-corrected chi connectivity index (χ2v) is 7.53. The Kier molecular flexibility index (Phi) is 6.11. The summed E-state index contributed by atoms with van der Waals surface area (Å²) in [5.74, 6) is 0.487. The van der Waals surface area contributed by atoms with Gasteiger partial charge in [0, 0.05) is 58.3 Å². The Labute approximate surface area is 145 Å². The summed E-state index contributed by atoms with van der Waals surface area (Å²) in [6.07, 6.45) is 6.49. The van der Waals surface area contributed by atoms with Crippen LogP contribution >= 0.6 is 0 Å². The highest BCUT2D eigenvalue weighted by Gasteiger charge is 2.30. The molecule has 6 heteroatoms. The number of rotatable bonds is 6. The first-order valence-electron chi connectivity index (χ1n) is 9.68. The van der Waals surface area contributed by atoms with Gasteiger partial charge in [-0.15, -0.1) is 0 Å². The monoisotopic (exact) mass is 336 g/mol. The van der Waals surface area contributed by atoms with E-state index < -0.39 is 0 Å². The van der Waals surface area contributed by atoms with Crippen LogP contribution in [0.4, 0.5) is 0 Å². The zero-order valence-electron chi connectivity index (χ0n) is 15.0. The molecular formula is C18H32N4O2. The maximum Gasteiger partial charge on any atom is 0.237 e. The molecule has 1 atom stereocenters. The number of carbonyl (C=O) groups excluding carboxylic acids is 2. The summed E-state index contributed by atoms with van der Waals surface area (Å²) in [6, 6.07) is 0.393. The third-order valence-corrected chi connectivity index (χ3v) is 5.61. The van der Waals surface area contributed by atoms with E-state index in [4.69, 9.17) is 0 Å². The molecule has 1 N–H and O–H groups in total. The Morgan fingerprint density at radius 3 is 2.29 bits per heavy atom. The van der Waals surface area contributed by atoms with Crippen molar-refractivity contribution in [1.82, 2.24) is 20.0 Å². The molecule has 2 heterocycles. The van der Waals surface area contributed by atoms with Gasteiger partial charge in [0.05, 0.1) is 6.04 Å². The number of hydrogen-bond donors (Lipinski definition) is 1.